The van der Waals surface area contributed by atoms with E-state index in [-0.39, 0.29) is 10.8 Å². The van der Waals surface area contributed by atoms with Crippen LogP contribution in [0, 0.1) is 0 Å². The maximum absolute atomic E-state index is 16.1. The highest BCUT2D eigenvalue weighted by Crippen LogP contribution is 2.58. The number of carbonyl (C=O) groups is 2. The maximum atomic E-state index is 16.1. The highest BCUT2D eigenvalue weighted by atomic mass is 32.2. The first kappa shape index (κ1) is 28.4. The lowest BCUT2D eigenvalue weighted by Crippen LogP contribution is -2.35. The Morgan fingerprint density at radius 3 is 2.61 bits per heavy atom. The second-order valence-corrected chi connectivity index (χ2v) is 11.8. The summed E-state index contributed by atoms with van der Waals surface area (Å²) in [6, 6.07) is 15.1. The van der Waals surface area contributed by atoms with Crippen LogP contribution in [0.25, 0.3) is 10.1 Å². The van der Waals surface area contributed by atoms with Gasteiger partial charge in [0.15, 0.2) is 5.91 Å². The second kappa shape index (κ2) is 13.9. The lowest BCUT2D eigenvalue weighted by molar-refractivity contribution is -0.147. The number of halogens is 1. The zero-order chi connectivity index (χ0) is 26.1. The van der Waals surface area contributed by atoms with Crippen molar-refractivity contribution in [3.05, 3.63) is 65.0 Å². The molecule has 3 unspecified atom stereocenters. The predicted octanol–water partition coefficient (Wildman–Crippen LogP) is 7.36. The molecule has 0 bridgehead atoms. The quantitative estimate of drug-likeness (QED) is 0.220. The molecule has 1 saturated heterocycles. The molecule has 1 aromatic heterocycles. The third-order valence-electron chi connectivity index (χ3n) is 5.36. The number of carboxylic acids is 1. The minimum atomic E-state index is -1.87. The number of thioether (sulfide) groups is 1. The van der Waals surface area contributed by atoms with E-state index < -0.39 is 26.2 Å². The van der Waals surface area contributed by atoms with Gasteiger partial charge >= 0.3 is 11.9 Å². The van der Waals surface area contributed by atoms with E-state index in [0.29, 0.717) is 36.3 Å². The molecule has 0 saturated carbocycles. The van der Waals surface area contributed by atoms with Gasteiger partial charge in [-0.05, 0) is 73.1 Å². The summed E-state index contributed by atoms with van der Waals surface area (Å²) in [6.45, 7) is 2.80. The maximum Gasteiger partial charge on any atom is 0.345 e. The van der Waals surface area contributed by atoms with Crippen molar-refractivity contribution in [2.24, 2.45) is 0 Å². The van der Waals surface area contributed by atoms with Crippen LogP contribution in [0.5, 0.6) is 5.75 Å². The molecular weight excluding hydrogens is 520 g/mol. The van der Waals surface area contributed by atoms with Gasteiger partial charge in [-0.1, -0.05) is 31.2 Å². The number of rotatable bonds is 9. The molecule has 2 aromatic carbocycles. The molecule has 0 radical (unpaired) electrons. The Kier molecular flexibility index (Phi) is 11.0. The summed E-state index contributed by atoms with van der Waals surface area (Å²) in [5.74, 6) is -2.32. The average molecular weight is 552 g/mol. The molecule has 36 heavy (non-hydrogen) atoms. The van der Waals surface area contributed by atoms with Gasteiger partial charge in [0, 0.05) is 11.2 Å². The van der Waals surface area contributed by atoms with Gasteiger partial charge in [-0.3, -0.25) is 4.79 Å². The Morgan fingerprint density at radius 1 is 1.22 bits per heavy atom. The standard InChI is InChI=1S/C24H25FNO5PS.C2H6S/c1-2-13-30-24(29)19-9-6-12-26(19)32(31-18-7-4-3-5-8-18)22(25)16-10-11-20-17(14-16)15-21(33-20)23(27)28;1-3-2/h3-5,7-8,10-11,14-15,19,22H,2,6,9,12-13H2,1H3,(H,27,28);1-2H3. The number of alkyl halides is 1. The van der Waals surface area contributed by atoms with Crippen molar-refractivity contribution in [2.75, 3.05) is 25.7 Å². The van der Waals surface area contributed by atoms with Crippen LogP contribution in [-0.4, -0.2) is 53.4 Å². The molecule has 3 aromatic rings. The van der Waals surface area contributed by atoms with Crippen LogP contribution >= 0.6 is 31.4 Å². The summed E-state index contributed by atoms with van der Waals surface area (Å²) < 4.78 is 30.2. The van der Waals surface area contributed by atoms with Crippen molar-refractivity contribution in [1.29, 1.82) is 0 Å². The summed E-state index contributed by atoms with van der Waals surface area (Å²) in [5, 5.41) is 9.95. The number of benzene rings is 2. The summed E-state index contributed by atoms with van der Waals surface area (Å²) >= 11 is 2.90. The largest absolute Gasteiger partial charge is 0.477 e. The van der Waals surface area contributed by atoms with E-state index >= 15 is 4.39 Å². The summed E-state index contributed by atoms with van der Waals surface area (Å²) in [4.78, 5) is 24.2. The number of carbonyl (C=O) groups excluding carboxylic acids is 1. The van der Waals surface area contributed by atoms with E-state index in [1.165, 1.54) is 0 Å². The lowest BCUT2D eigenvalue weighted by Gasteiger charge is -2.33. The number of nitrogens with zero attached hydrogens (tertiary/aromatic N) is 1. The fourth-order valence-corrected chi connectivity index (χ4v) is 6.70. The van der Waals surface area contributed by atoms with Gasteiger partial charge in [-0.2, -0.15) is 11.8 Å². The minimum Gasteiger partial charge on any atom is -0.477 e. The minimum absolute atomic E-state index is 0.207. The molecule has 4 rings (SSSR count). The van der Waals surface area contributed by atoms with Gasteiger partial charge < -0.3 is 14.4 Å². The van der Waals surface area contributed by atoms with Crippen LogP contribution in [0.2, 0.25) is 0 Å². The van der Waals surface area contributed by atoms with Crippen LogP contribution < -0.4 is 4.52 Å². The first-order valence-corrected chi connectivity index (χ1v) is 15.4. The summed E-state index contributed by atoms with van der Waals surface area (Å²) in [6.07, 6.45) is 6.15. The fourth-order valence-electron chi connectivity index (χ4n) is 3.79. The van der Waals surface area contributed by atoms with Crippen LogP contribution in [0.4, 0.5) is 4.39 Å². The highest BCUT2D eigenvalue weighted by Gasteiger charge is 2.43. The first-order chi connectivity index (χ1) is 17.4. The molecular formula is C26H31FNO5PS2. The first-order valence-electron chi connectivity index (χ1n) is 11.7. The van der Waals surface area contributed by atoms with Gasteiger partial charge in [0.1, 0.15) is 16.7 Å². The normalized spacial score (nSPS) is 17.2. The van der Waals surface area contributed by atoms with E-state index in [1.54, 1.807) is 48.2 Å². The molecule has 0 aliphatic carbocycles. The molecule has 194 valence electrons. The van der Waals surface area contributed by atoms with E-state index in [2.05, 4.69) is 0 Å². The third-order valence-corrected chi connectivity index (χ3v) is 8.53. The van der Waals surface area contributed by atoms with E-state index in [1.807, 2.05) is 42.3 Å². The van der Waals surface area contributed by atoms with Gasteiger partial charge in [0.25, 0.3) is 0 Å². The lowest BCUT2D eigenvalue weighted by atomic mass is 10.2. The summed E-state index contributed by atoms with van der Waals surface area (Å²) in [7, 11) is -1.87. The predicted molar refractivity (Wildman–Crippen MR) is 147 cm³/mol. The highest BCUT2D eigenvalue weighted by molar-refractivity contribution is 7.97. The number of thiophene rings is 1. The molecule has 6 nitrogen and oxygen atoms in total. The van der Waals surface area contributed by atoms with Crippen LogP contribution in [0.1, 0.15) is 47.3 Å². The van der Waals surface area contributed by atoms with Crippen LogP contribution in [0.3, 0.4) is 0 Å². The zero-order valence-electron chi connectivity index (χ0n) is 20.6. The number of esters is 1. The number of carboxylic acid groups (broad SMARTS) is 1. The Bertz CT molecular complexity index is 1150. The smallest absolute Gasteiger partial charge is 0.345 e. The Labute approximate surface area is 220 Å². The van der Waals surface area contributed by atoms with Gasteiger partial charge in [-0.15, -0.1) is 11.3 Å². The summed E-state index contributed by atoms with van der Waals surface area (Å²) in [5.41, 5.74) is 0.395. The van der Waals surface area contributed by atoms with Crippen molar-refractivity contribution in [3.63, 3.8) is 0 Å². The van der Waals surface area contributed by atoms with Crippen molar-refractivity contribution < 1.29 is 28.3 Å². The Balaban J connectivity index is 0.00000115. The number of para-hydroxylation sites is 1. The molecule has 1 N–H and O–H groups in total. The zero-order valence-corrected chi connectivity index (χ0v) is 23.1. The molecule has 3 atom stereocenters. The topological polar surface area (TPSA) is 76.1 Å². The van der Waals surface area contributed by atoms with E-state index in [0.717, 1.165) is 28.9 Å². The molecule has 0 amide bonds. The molecule has 0 spiro atoms. The van der Waals surface area contributed by atoms with Crippen molar-refractivity contribution >= 4 is 53.4 Å². The van der Waals surface area contributed by atoms with Crippen molar-refractivity contribution in [3.8, 4) is 5.75 Å². The van der Waals surface area contributed by atoms with Crippen LogP contribution in [0.15, 0.2) is 54.6 Å². The van der Waals surface area contributed by atoms with E-state index in [9.17, 15) is 14.7 Å². The number of fused-ring (bicyclic) bond motifs is 1. The van der Waals surface area contributed by atoms with Crippen LogP contribution in [-0.2, 0) is 9.53 Å². The number of ether oxygens (including phenoxy) is 1. The monoisotopic (exact) mass is 551 g/mol. The van der Waals surface area contributed by atoms with E-state index in [4.69, 9.17) is 9.26 Å². The Morgan fingerprint density at radius 2 is 1.94 bits per heavy atom. The molecule has 1 fully saturated rings. The molecule has 2 heterocycles. The average Bonchev–Trinajstić information content (AvgIpc) is 3.53. The second-order valence-electron chi connectivity index (χ2n) is 8.15. The van der Waals surface area contributed by atoms with Gasteiger partial charge in [-0.25, -0.2) is 13.9 Å². The molecule has 1 aliphatic rings. The van der Waals surface area contributed by atoms with Crippen molar-refractivity contribution in [1.82, 2.24) is 4.67 Å². The fraction of sp³-hybridized carbons (Fsp3) is 0.385. The molecule has 10 heteroatoms. The van der Waals surface area contributed by atoms with Crippen molar-refractivity contribution in [2.45, 2.75) is 38.1 Å². The molecule has 1 aliphatic heterocycles. The number of hydrogen-bond donors (Lipinski definition) is 1. The van der Waals surface area contributed by atoms with Gasteiger partial charge in [0.05, 0.1) is 6.61 Å². The Hall–Kier alpha value is -2.19. The third kappa shape index (κ3) is 7.19. The van der Waals surface area contributed by atoms with Gasteiger partial charge in [0.2, 0.25) is 8.30 Å². The number of aromatic carboxylic acids is 1. The number of hydrogen-bond acceptors (Lipinski definition) is 7. The SMILES string of the molecule is CCCOC(=O)C1CCCN1P(Oc1ccccc1)C(F)c1ccc2sc(C(=O)O)cc2c1.CSC.